The lowest BCUT2D eigenvalue weighted by Gasteiger charge is -2.23. The third-order valence-corrected chi connectivity index (χ3v) is 3.19. The SMILES string of the molecule is CC(=O)O[C@@H](C(=O)O)[C@@H](OC(C)=O)C(=O)OC(C)C(=O)OCc1ccccc1. The number of benzene rings is 1. The summed E-state index contributed by atoms with van der Waals surface area (Å²) in [4.78, 5) is 57.7. The van der Waals surface area contributed by atoms with Crippen LogP contribution in [0.15, 0.2) is 30.3 Å². The Kier molecular flexibility index (Phi) is 8.60. The Morgan fingerprint density at radius 3 is 1.89 bits per heavy atom. The summed E-state index contributed by atoms with van der Waals surface area (Å²) >= 11 is 0. The fraction of sp³-hybridized carbons (Fsp3) is 0.389. The Hall–Kier alpha value is -3.43. The van der Waals surface area contributed by atoms with Gasteiger partial charge in [-0.3, -0.25) is 9.59 Å². The zero-order chi connectivity index (χ0) is 21.3. The van der Waals surface area contributed by atoms with Gasteiger partial charge in [0.1, 0.15) is 6.61 Å². The first-order valence-electron chi connectivity index (χ1n) is 8.10. The van der Waals surface area contributed by atoms with E-state index in [1.165, 1.54) is 6.92 Å². The van der Waals surface area contributed by atoms with E-state index in [1.54, 1.807) is 30.3 Å². The van der Waals surface area contributed by atoms with Crippen molar-refractivity contribution in [2.45, 2.75) is 45.7 Å². The number of hydrogen-bond donors (Lipinski definition) is 1. The van der Waals surface area contributed by atoms with E-state index in [4.69, 9.17) is 14.6 Å². The minimum atomic E-state index is -2.14. The highest BCUT2D eigenvalue weighted by Crippen LogP contribution is 2.11. The molecule has 1 unspecified atom stereocenters. The van der Waals surface area contributed by atoms with Crippen LogP contribution in [0.2, 0.25) is 0 Å². The van der Waals surface area contributed by atoms with Crippen LogP contribution >= 0.6 is 0 Å². The van der Waals surface area contributed by atoms with Crippen molar-refractivity contribution >= 4 is 29.8 Å². The maximum atomic E-state index is 12.2. The van der Waals surface area contributed by atoms with Crippen molar-refractivity contribution in [3.05, 3.63) is 35.9 Å². The fourth-order valence-corrected chi connectivity index (χ4v) is 1.97. The molecule has 0 saturated carbocycles. The van der Waals surface area contributed by atoms with Crippen LogP contribution < -0.4 is 0 Å². The second kappa shape index (κ2) is 10.7. The first-order chi connectivity index (χ1) is 13.1. The molecule has 0 aromatic heterocycles. The summed E-state index contributed by atoms with van der Waals surface area (Å²) in [7, 11) is 0. The molecule has 0 radical (unpaired) electrons. The number of carbonyl (C=O) groups is 5. The lowest BCUT2D eigenvalue weighted by atomic mass is 10.2. The number of ether oxygens (including phenoxy) is 4. The maximum absolute atomic E-state index is 12.2. The molecule has 0 aliphatic rings. The molecule has 1 N–H and O–H groups in total. The van der Waals surface area contributed by atoms with Crippen molar-refractivity contribution in [1.29, 1.82) is 0 Å². The molecule has 0 bridgehead atoms. The molecule has 1 aromatic carbocycles. The molecule has 3 atom stereocenters. The monoisotopic (exact) mass is 396 g/mol. The van der Waals surface area contributed by atoms with Crippen molar-refractivity contribution < 1.29 is 48.0 Å². The van der Waals surface area contributed by atoms with Crippen molar-refractivity contribution in [3.63, 3.8) is 0 Å². The maximum Gasteiger partial charge on any atom is 0.352 e. The Morgan fingerprint density at radius 1 is 0.857 bits per heavy atom. The molecule has 1 aromatic rings. The van der Waals surface area contributed by atoms with Crippen LogP contribution in [0.25, 0.3) is 0 Å². The van der Waals surface area contributed by atoms with Crippen LogP contribution in [0.3, 0.4) is 0 Å². The molecule has 0 aliphatic carbocycles. The second-order valence-electron chi connectivity index (χ2n) is 5.57. The Bertz CT molecular complexity index is 727. The predicted octanol–water partition coefficient (Wildman–Crippen LogP) is 0.610. The molecule has 10 nitrogen and oxygen atoms in total. The third kappa shape index (κ3) is 7.44. The normalized spacial score (nSPS) is 13.4. The first-order valence-corrected chi connectivity index (χ1v) is 8.10. The first kappa shape index (κ1) is 22.6. The molecule has 0 spiro atoms. The highest BCUT2D eigenvalue weighted by molar-refractivity contribution is 5.89. The van der Waals surface area contributed by atoms with Gasteiger partial charge in [-0.15, -0.1) is 0 Å². The van der Waals surface area contributed by atoms with Gasteiger partial charge >= 0.3 is 29.8 Å². The van der Waals surface area contributed by atoms with Crippen molar-refractivity contribution in [2.75, 3.05) is 0 Å². The molecule has 0 saturated heterocycles. The van der Waals surface area contributed by atoms with Gasteiger partial charge < -0.3 is 24.1 Å². The number of aliphatic carboxylic acids is 1. The number of carbonyl (C=O) groups excluding carboxylic acids is 4. The molecular weight excluding hydrogens is 376 g/mol. The van der Waals surface area contributed by atoms with Gasteiger partial charge in [-0.1, -0.05) is 30.3 Å². The molecule has 152 valence electrons. The van der Waals surface area contributed by atoms with Crippen molar-refractivity contribution in [3.8, 4) is 0 Å². The van der Waals surface area contributed by atoms with Crippen LogP contribution in [0, 0.1) is 0 Å². The van der Waals surface area contributed by atoms with Gasteiger partial charge in [-0.25, -0.2) is 14.4 Å². The van der Waals surface area contributed by atoms with Gasteiger partial charge in [0.2, 0.25) is 12.2 Å². The van der Waals surface area contributed by atoms with Gasteiger partial charge in [0.25, 0.3) is 0 Å². The molecule has 28 heavy (non-hydrogen) atoms. The quantitative estimate of drug-likeness (QED) is 0.466. The Labute approximate surface area is 160 Å². The van der Waals surface area contributed by atoms with Crippen LogP contribution in [0.1, 0.15) is 26.3 Å². The van der Waals surface area contributed by atoms with E-state index in [0.29, 0.717) is 5.56 Å². The minimum absolute atomic E-state index is 0.0693. The third-order valence-electron chi connectivity index (χ3n) is 3.19. The van der Waals surface area contributed by atoms with Crippen LogP contribution in [0.5, 0.6) is 0 Å². The molecule has 0 fully saturated rings. The van der Waals surface area contributed by atoms with E-state index < -0.39 is 48.2 Å². The molecular formula is C18H20O10. The molecule has 10 heteroatoms. The lowest BCUT2D eigenvalue weighted by Crippen LogP contribution is -2.47. The van der Waals surface area contributed by atoms with Gasteiger partial charge in [-0.05, 0) is 12.5 Å². The van der Waals surface area contributed by atoms with Crippen LogP contribution in [0.4, 0.5) is 0 Å². The van der Waals surface area contributed by atoms with E-state index in [1.807, 2.05) is 0 Å². The zero-order valence-electron chi connectivity index (χ0n) is 15.4. The molecule has 0 amide bonds. The summed E-state index contributed by atoms with van der Waals surface area (Å²) in [6.07, 6.45) is -5.66. The largest absolute Gasteiger partial charge is 0.478 e. The Morgan fingerprint density at radius 2 is 1.39 bits per heavy atom. The van der Waals surface area contributed by atoms with Gasteiger partial charge in [0.15, 0.2) is 6.10 Å². The van der Waals surface area contributed by atoms with E-state index >= 15 is 0 Å². The van der Waals surface area contributed by atoms with E-state index in [2.05, 4.69) is 9.47 Å². The number of rotatable bonds is 9. The summed E-state index contributed by atoms with van der Waals surface area (Å²) in [5.41, 5.74) is 0.702. The highest BCUT2D eigenvalue weighted by atomic mass is 16.6. The summed E-state index contributed by atoms with van der Waals surface area (Å²) in [6.45, 7) is 2.96. The smallest absolute Gasteiger partial charge is 0.352 e. The fourth-order valence-electron chi connectivity index (χ4n) is 1.97. The van der Waals surface area contributed by atoms with Gasteiger partial charge in [-0.2, -0.15) is 0 Å². The average molecular weight is 396 g/mol. The summed E-state index contributed by atoms with van der Waals surface area (Å²) < 4.78 is 19.0. The predicted molar refractivity (Wildman–Crippen MR) is 90.5 cm³/mol. The highest BCUT2D eigenvalue weighted by Gasteiger charge is 2.42. The minimum Gasteiger partial charge on any atom is -0.478 e. The molecule has 0 heterocycles. The number of hydrogen-bond acceptors (Lipinski definition) is 9. The van der Waals surface area contributed by atoms with Crippen LogP contribution in [-0.4, -0.2) is 53.3 Å². The van der Waals surface area contributed by atoms with Crippen molar-refractivity contribution in [1.82, 2.24) is 0 Å². The molecule has 1 rings (SSSR count). The summed E-state index contributed by atoms with van der Waals surface area (Å²) in [6, 6.07) is 8.72. The van der Waals surface area contributed by atoms with E-state index in [0.717, 1.165) is 13.8 Å². The number of carboxylic acids is 1. The van der Waals surface area contributed by atoms with Gasteiger partial charge in [0, 0.05) is 13.8 Å². The van der Waals surface area contributed by atoms with E-state index in [-0.39, 0.29) is 6.61 Å². The number of carboxylic acid groups (broad SMARTS) is 1. The second-order valence-corrected chi connectivity index (χ2v) is 5.57. The zero-order valence-corrected chi connectivity index (χ0v) is 15.4. The lowest BCUT2D eigenvalue weighted by molar-refractivity contribution is -0.192. The topological polar surface area (TPSA) is 142 Å². The summed E-state index contributed by atoms with van der Waals surface area (Å²) in [5.74, 6) is -6.06. The van der Waals surface area contributed by atoms with Gasteiger partial charge in [0.05, 0.1) is 0 Å². The molecule has 0 aliphatic heterocycles. The number of esters is 4. The standard InChI is InChI=1S/C18H20O10/c1-10(17(23)25-9-13-7-5-4-6-8-13)26-18(24)15(28-12(3)20)14(16(21)22)27-11(2)19/h4-8,10,14-15H,9H2,1-3H3,(H,21,22)/t10?,14-,15-/m1/s1. The van der Waals surface area contributed by atoms with E-state index in [9.17, 15) is 24.0 Å². The average Bonchev–Trinajstić information content (AvgIpc) is 2.62. The summed E-state index contributed by atoms with van der Waals surface area (Å²) in [5, 5.41) is 9.14. The van der Waals surface area contributed by atoms with Crippen molar-refractivity contribution in [2.24, 2.45) is 0 Å². The van der Waals surface area contributed by atoms with Crippen LogP contribution in [-0.2, 0) is 49.5 Å². The Balaban J connectivity index is 2.78.